The van der Waals surface area contributed by atoms with Crippen LogP contribution in [-0.2, 0) is 18.3 Å². The Morgan fingerprint density at radius 2 is 2.05 bits per heavy atom. The SMILES string of the molecule is CC(C)(C)c1csc(CC2Cc3ccccc3C2Br)n1. The van der Waals surface area contributed by atoms with Crippen LogP contribution in [0.15, 0.2) is 29.6 Å². The summed E-state index contributed by atoms with van der Waals surface area (Å²) in [7, 11) is 0. The summed E-state index contributed by atoms with van der Waals surface area (Å²) < 4.78 is 0. The van der Waals surface area contributed by atoms with Gasteiger partial charge in [-0.2, -0.15) is 0 Å². The molecule has 2 atom stereocenters. The van der Waals surface area contributed by atoms with Crippen molar-refractivity contribution in [2.75, 3.05) is 0 Å². The Morgan fingerprint density at radius 3 is 2.70 bits per heavy atom. The standard InChI is InChI=1S/C17H20BrNS/c1-17(2,3)14-10-20-15(19-14)9-12-8-11-6-4-5-7-13(11)16(12)18/h4-7,10,12,16H,8-9H2,1-3H3. The van der Waals surface area contributed by atoms with Crippen molar-refractivity contribution in [2.45, 2.75) is 43.9 Å². The van der Waals surface area contributed by atoms with Crippen molar-refractivity contribution in [1.82, 2.24) is 4.98 Å². The van der Waals surface area contributed by atoms with Crippen LogP contribution in [0.25, 0.3) is 0 Å². The minimum Gasteiger partial charge on any atom is -0.246 e. The van der Waals surface area contributed by atoms with Gasteiger partial charge in [0.15, 0.2) is 0 Å². The molecule has 0 saturated carbocycles. The molecule has 3 heteroatoms. The molecule has 0 amide bonds. The van der Waals surface area contributed by atoms with E-state index in [9.17, 15) is 0 Å². The van der Waals surface area contributed by atoms with E-state index in [4.69, 9.17) is 4.98 Å². The number of thiazole rings is 1. The van der Waals surface area contributed by atoms with Crippen LogP contribution in [0.4, 0.5) is 0 Å². The summed E-state index contributed by atoms with van der Waals surface area (Å²) in [6.45, 7) is 6.68. The van der Waals surface area contributed by atoms with E-state index >= 15 is 0 Å². The second-order valence-corrected chi connectivity index (χ2v) is 8.57. The van der Waals surface area contributed by atoms with Crippen LogP contribution in [-0.4, -0.2) is 4.98 Å². The predicted molar refractivity (Wildman–Crippen MR) is 89.8 cm³/mol. The maximum Gasteiger partial charge on any atom is 0.0931 e. The van der Waals surface area contributed by atoms with Gasteiger partial charge in [-0.15, -0.1) is 11.3 Å². The number of hydrogen-bond acceptors (Lipinski definition) is 2. The van der Waals surface area contributed by atoms with Crippen molar-refractivity contribution in [3.63, 3.8) is 0 Å². The predicted octanol–water partition coefficient (Wildman–Crippen LogP) is 5.29. The third-order valence-corrected chi connectivity index (χ3v) is 6.12. The first-order chi connectivity index (χ1) is 9.45. The summed E-state index contributed by atoms with van der Waals surface area (Å²) in [4.78, 5) is 5.31. The molecule has 1 aromatic carbocycles. The molecule has 0 saturated heterocycles. The molecule has 0 fully saturated rings. The number of aromatic nitrogens is 1. The Labute approximate surface area is 133 Å². The van der Waals surface area contributed by atoms with Crippen molar-refractivity contribution in [3.05, 3.63) is 51.5 Å². The van der Waals surface area contributed by atoms with Crippen molar-refractivity contribution >= 4 is 27.3 Å². The zero-order valence-electron chi connectivity index (χ0n) is 12.2. The lowest BCUT2D eigenvalue weighted by molar-refractivity contribution is 0.541. The van der Waals surface area contributed by atoms with Gasteiger partial charge < -0.3 is 0 Å². The third kappa shape index (κ3) is 2.71. The summed E-state index contributed by atoms with van der Waals surface area (Å²) >= 11 is 5.70. The van der Waals surface area contributed by atoms with E-state index < -0.39 is 0 Å². The Hall–Kier alpha value is -0.670. The summed E-state index contributed by atoms with van der Waals surface area (Å²) in [5.41, 5.74) is 4.33. The van der Waals surface area contributed by atoms with Gasteiger partial charge in [0.05, 0.1) is 10.7 Å². The highest BCUT2D eigenvalue weighted by molar-refractivity contribution is 9.09. The van der Waals surface area contributed by atoms with Crippen LogP contribution in [0.5, 0.6) is 0 Å². The number of hydrogen-bond donors (Lipinski definition) is 0. The fourth-order valence-electron chi connectivity index (χ4n) is 2.78. The van der Waals surface area contributed by atoms with E-state index in [1.165, 1.54) is 21.8 Å². The average Bonchev–Trinajstić information content (AvgIpc) is 2.97. The third-order valence-electron chi connectivity index (χ3n) is 4.01. The van der Waals surface area contributed by atoms with Gasteiger partial charge in [0.25, 0.3) is 0 Å². The first-order valence-corrected chi connectivity index (χ1v) is 8.91. The number of nitrogens with zero attached hydrogens (tertiary/aromatic N) is 1. The van der Waals surface area contributed by atoms with Crippen molar-refractivity contribution in [3.8, 4) is 0 Å². The highest BCUT2D eigenvalue weighted by Gasteiger charge is 2.31. The Morgan fingerprint density at radius 1 is 1.30 bits per heavy atom. The number of alkyl halides is 1. The summed E-state index contributed by atoms with van der Waals surface area (Å²) in [5.74, 6) is 0.631. The Kier molecular flexibility index (Phi) is 3.76. The lowest BCUT2D eigenvalue weighted by Gasteiger charge is -2.15. The number of halogens is 1. The molecule has 20 heavy (non-hydrogen) atoms. The fourth-order valence-corrected chi connectivity index (χ4v) is 4.71. The molecule has 1 aliphatic rings. The lowest BCUT2D eigenvalue weighted by Crippen LogP contribution is -2.12. The molecule has 0 aliphatic heterocycles. The van der Waals surface area contributed by atoms with Gasteiger partial charge in [0.1, 0.15) is 0 Å². The van der Waals surface area contributed by atoms with Gasteiger partial charge >= 0.3 is 0 Å². The van der Waals surface area contributed by atoms with Gasteiger partial charge in [-0.3, -0.25) is 0 Å². The molecule has 3 rings (SSSR count). The zero-order chi connectivity index (χ0) is 14.3. The molecule has 0 bridgehead atoms. The quantitative estimate of drug-likeness (QED) is 0.671. The first kappa shape index (κ1) is 14.3. The normalized spacial score (nSPS) is 22.0. The Bertz CT molecular complexity index is 611. The van der Waals surface area contributed by atoms with Gasteiger partial charge in [0.2, 0.25) is 0 Å². The van der Waals surface area contributed by atoms with Crippen LogP contribution in [0, 0.1) is 5.92 Å². The maximum atomic E-state index is 4.84. The molecule has 1 heterocycles. The van der Waals surface area contributed by atoms with E-state index in [0.717, 1.165) is 12.8 Å². The van der Waals surface area contributed by atoms with Gasteiger partial charge in [-0.25, -0.2) is 4.98 Å². The van der Waals surface area contributed by atoms with E-state index in [2.05, 4.69) is 66.3 Å². The van der Waals surface area contributed by atoms with Crippen molar-refractivity contribution in [1.29, 1.82) is 0 Å². The van der Waals surface area contributed by atoms with Gasteiger partial charge in [0, 0.05) is 22.0 Å². The van der Waals surface area contributed by atoms with Crippen molar-refractivity contribution in [2.24, 2.45) is 5.92 Å². The minimum absolute atomic E-state index is 0.154. The summed E-state index contributed by atoms with van der Waals surface area (Å²) in [5, 5.41) is 3.50. The molecule has 2 aromatic rings. The number of fused-ring (bicyclic) bond motifs is 1. The molecular weight excluding hydrogens is 330 g/mol. The molecule has 1 nitrogen and oxygen atoms in total. The second kappa shape index (κ2) is 5.27. The molecular formula is C17H20BrNS. The topological polar surface area (TPSA) is 12.9 Å². The van der Waals surface area contributed by atoms with Crippen LogP contribution in [0.2, 0.25) is 0 Å². The first-order valence-electron chi connectivity index (χ1n) is 7.12. The summed E-state index contributed by atoms with van der Waals surface area (Å²) in [6, 6.07) is 8.78. The molecule has 1 aromatic heterocycles. The van der Waals surface area contributed by atoms with E-state index in [0.29, 0.717) is 10.7 Å². The minimum atomic E-state index is 0.154. The summed E-state index contributed by atoms with van der Waals surface area (Å²) in [6.07, 6.45) is 2.24. The monoisotopic (exact) mass is 349 g/mol. The van der Waals surface area contributed by atoms with Gasteiger partial charge in [-0.05, 0) is 23.5 Å². The highest BCUT2D eigenvalue weighted by atomic mass is 79.9. The maximum absolute atomic E-state index is 4.84. The van der Waals surface area contributed by atoms with Crippen LogP contribution in [0.1, 0.15) is 47.4 Å². The molecule has 106 valence electrons. The molecule has 0 spiro atoms. The average molecular weight is 350 g/mol. The fraction of sp³-hybridized carbons (Fsp3) is 0.471. The van der Waals surface area contributed by atoms with E-state index in [1.807, 2.05) is 11.3 Å². The molecule has 0 N–H and O–H groups in total. The zero-order valence-corrected chi connectivity index (χ0v) is 14.6. The smallest absolute Gasteiger partial charge is 0.0931 e. The highest BCUT2D eigenvalue weighted by Crippen LogP contribution is 2.43. The number of rotatable bonds is 2. The lowest BCUT2D eigenvalue weighted by atomic mass is 9.93. The Balaban J connectivity index is 1.76. The van der Waals surface area contributed by atoms with Crippen LogP contribution >= 0.6 is 27.3 Å². The molecule has 0 radical (unpaired) electrons. The van der Waals surface area contributed by atoms with Crippen LogP contribution in [0.3, 0.4) is 0 Å². The second-order valence-electron chi connectivity index (χ2n) is 6.65. The van der Waals surface area contributed by atoms with Gasteiger partial charge in [-0.1, -0.05) is 61.0 Å². The number of benzene rings is 1. The molecule has 2 unspecified atom stereocenters. The molecule has 1 aliphatic carbocycles. The van der Waals surface area contributed by atoms with Crippen molar-refractivity contribution < 1.29 is 0 Å². The largest absolute Gasteiger partial charge is 0.246 e. The van der Waals surface area contributed by atoms with E-state index in [1.54, 1.807) is 0 Å². The van der Waals surface area contributed by atoms with E-state index in [-0.39, 0.29) is 5.41 Å². The van der Waals surface area contributed by atoms with Crippen LogP contribution < -0.4 is 0 Å².